The summed E-state index contributed by atoms with van der Waals surface area (Å²) in [4.78, 5) is 10.5. The summed E-state index contributed by atoms with van der Waals surface area (Å²) in [5, 5.41) is 23.6. The summed E-state index contributed by atoms with van der Waals surface area (Å²) in [6.45, 7) is 1.27. The Morgan fingerprint density at radius 2 is 2.22 bits per heavy atom. The van der Waals surface area contributed by atoms with Crippen LogP contribution in [0.4, 0.5) is 5.69 Å². The SMILES string of the molecule is O=[N+]([O-])c1cc(Cl)ccc1CNCC1(CO)CC1. The van der Waals surface area contributed by atoms with Gasteiger partial charge in [-0.05, 0) is 25.0 Å². The van der Waals surface area contributed by atoms with Crippen molar-refractivity contribution in [2.45, 2.75) is 19.4 Å². The minimum absolute atomic E-state index is 0.00120. The number of benzene rings is 1. The van der Waals surface area contributed by atoms with Crippen molar-refractivity contribution < 1.29 is 10.0 Å². The van der Waals surface area contributed by atoms with E-state index in [2.05, 4.69) is 5.32 Å². The van der Waals surface area contributed by atoms with Gasteiger partial charge >= 0.3 is 0 Å². The molecule has 1 saturated carbocycles. The molecular formula is C12H15ClN2O3. The van der Waals surface area contributed by atoms with Gasteiger partial charge in [0.1, 0.15) is 0 Å². The van der Waals surface area contributed by atoms with E-state index in [0.29, 0.717) is 23.7 Å². The van der Waals surface area contributed by atoms with Crippen LogP contribution in [0.15, 0.2) is 18.2 Å². The van der Waals surface area contributed by atoms with Crippen LogP contribution in [0.1, 0.15) is 18.4 Å². The quantitative estimate of drug-likeness (QED) is 0.613. The molecule has 0 unspecified atom stereocenters. The van der Waals surface area contributed by atoms with E-state index in [1.807, 2.05) is 0 Å². The Bertz CT molecular complexity index is 461. The van der Waals surface area contributed by atoms with E-state index in [-0.39, 0.29) is 17.7 Å². The Balaban J connectivity index is 1.98. The fourth-order valence-electron chi connectivity index (χ4n) is 1.89. The lowest BCUT2D eigenvalue weighted by Gasteiger charge is -2.12. The van der Waals surface area contributed by atoms with Crippen LogP contribution in [0, 0.1) is 15.5 Å². The second kappa shape index (κ2) is 5.22. The van der Waals surface area contributed by atoms with Gasteiger partial charge in [0.15, 0.2) is 0 Å². The number of nitrogens with zero attached hydrogens (tertiary/aromatic N) is 1. The summed E-state index contributed by atoms with van der Waals surface area (Å²) in [6.07, 6.45) is 2.03. The molecular weight excluding hydrogens is 256 g/mol. The lowest BCUT2D eigenvalue weighted by Crippen LogP contribution is -2.26. The van der Waals surface area contributed by atoms with Gasteiger partial charge < -0.3 is 10.4 Å². The van der Waals surface area contributed by atoms with E-state index in [1.165, 1.54) is 6.07 Å². The van der Waals surface area contributed by atoms with Crippen LogP contribution in [-0.2, 0) is 6.54 Å². The van der Waals surface area contributed by atoms with E-state index in [4.69, 9.17) is 16.7 Å². The van der Waals surface area contributed by atoms with Crippen LogP contribution in [0.3, 0.4) is 0 Å². The highest BCUT2D eigenvalue weighted by Crippen LogP contribution is 2.44. The van der Waals surface area contributed by atoms with Gasteiger partial charge in [-0.15, -0.1) is 0 Å². The molecule has 0 aromatic heterocycles. The van der Waals surface area contributed by atoms with Gasteiger partial charge in [-0.25, -0.2) is 0 Å². The van der Waals surface area contributed by atoms with E-state index in [9.17, 15) is 10.1 Å². The standard InChI is InChI=1S/C12H15ClN2O3/c13-10-2-1-9(11(5-10)15(17)18)6-14-7-12(8-16)3-4-12/h1-2,5,14,16H,3-4,6-8H2. The summed E-state index contributed by atoms with van der Waals surface area (Å²) >= 11 is 5.74. The molecule has 5 nitrogen and oxygen atoms in total. The fraction of sp³-hybridized carbons (Fsp3) is 0.500. The third kappa shape index (κ3) is 2.98. The van der Waals surface area contributed by atoms with E-state index < -0.39 is 4.92 Å². The molecule has 2 N–H and O–H groups in total. The molecule has 1 aromatic rings. The molecule has 0 amide bonds. The van der Waals surface area contributed by atoms with Gasteiger partial charge in [-0.3, -0.25) is 10.1 Å². The monoisotopic (exact) mass is 270 g/mol. The lowest BCUT2D eigenvalue weighted by molar-refractivity contribution is -0.385. The predicted molar refractivity (Wildman–Crippen MR) is 68.6 cm³/mol. The summed E-state index contributed by atoms with van der Waals surface area (Å²) in [5.41, 5.74) is 0.642. The molecule has 6 heteroatoms. The van der Waals surface area contributed by atoms with Crippen LogP contribution < -0.4 is 5.32 Å². The zero-order valence-corrected chi connectivity index (χ0v) is 10.6. The van der Waals surface area contributed by atoms with Gasteiger partial charge in [-0.1, -0.05) is 11.6 Å². The number of hydrogen-bond donors (Lipinski definition) is 2. The second-order valence-corrected chi connectivity index (χ2v) is 5.23. The zero-order chi connectivity index (χ0) is 13.2. The van der Waals surface area contributed by atoms with Crippen molar-refractivity contribution in [3.8, 4) is 0 Å². The van der Waals surface area contributed by atoms with Gasteiger partial charge in [-0.2, -0.15) is 0 Å². The highest BCUT2D eigenvalue weighted by molar-refractivity contribution is 6.30. The third-order valence-electron chi connectivity index (χ3n) is 3.35. The molecule has 2 rings (SSSR count). The Labute approximate surface area is 110 Å². The minimum atomic E-state index is -0.429. The van der Waals surface area contributed by atoms with Crippen molar-refractivity contribution in [2.75, 3.05) is 13.2 Å². The van der Waals surface area contributed by atoms with Crippen molar-refractivity contribution in [1.82, 2.24) is 5.32 Å². The molecule has 1 aliphatic carbocycles. The van der Waals surface area contributed by atoms with Crippen molar-refractivity contribution in [1.29, 1.82) is 0 Å². The maximum Gasteiger partial charge on any atom is 0.275 e. The Kier molecular flexibility index (Phi) is 3.85. The molecule has 1 aromatic carbocycles. The minimum Gasteiger partial charge on any atom is -0.396 e. The first-order chi connectivity index (χ1) is 8.56. The van der Waals surface area contributed by atoms with Crippen LogP contribution >= 0.6 is 11.6 Å². The predicted octanol–water partition coefficient (Wildman–Crippen LogP) is 2.11. The fourth-order valence-corrected chi connectivity index (χ4v) is 2.05. The molecule has 1 aliphatic rings. The number of nitro groups is 1. The Hall–Kier alpha value is -1.17. The lowest BCUT2D eigenvalue weighted by atomic mass is 10.1. The Morgan fingerprint density at radius 3 is 2.78 bits per heavy atom. The van der Waals surface area contributed by atoms with E-state index in [1.54, 1.807) is 12.1 Å². The van der Waals surface area contributed by atoms with Gasteiger partial charge in [0.05, 0.1) is 4.92 Å². The van der Waals surface area contributed by atoms with Crippen molar-refractivity contribution >= 4 is 17.3 Å². The molecule has 0 radical (unpaired) electrons. The largest absolute Gasteiger partial charge is 0.396 e. The van der Waals surface area contributed by atoms with Crippen LogP contribution in [0.25, 0.3) is 0 Å². The molecule has 0 aliphatic heterocycles. The Morgan fingerprint density at radius 1 is 1.50 bits per heavy atom. The first-order valence-corrected chi connectivity index (χ1v) is 6.18. The number of nitro benzene ring substituents is 1. The molecule has 98 valence electrons. The number of rotatable bonds is 6. The normalized spacial score (nSPS) is 16.6. The number of hydrogen-bond acceptors (Lipinski definition) is 4. The number of halogens is 1. The summed E-state index contributed by atoms with van der Waals surface area (Å²) in [7, 11) is 0. The maximum atomic E-state index is 10.9. The topological polar surface area (TPSA) is 75.4 Å². The molecule has 0 spiro atoms. The van der Waals surface area contributed by atoms with Crippen molar-refractivity contribution in [3.05, 3.63) is 38.9 Å². The van der Waals surface area contributed by atoms with Crippen LogP contribution in [-0.4, -0.2) is 23.2 Å². The maximum absolute atomic E-state index is 10.9. The van der Waals surface area contributed by atoms with Crippen LogP contribution in [0.2, 0.25) is 5.02 Å². The molecule has 0 atom stereocenters. The van der Waals surface area contributed by atoms with Gasteiger partial charge in [0.25, 0.3) is 5.69 Å². The van der Waals surface area contributed by atoms with Gasteiger partial charge in [0, 0.05) is 41.8 Å². The smallest absolute Gasteiger partial charge is 0.275 e. The van der Waals surface area contributed by atoms with Crippen molar-refractivity contribution in [3.63, 3.8) is 0 Å². The highest BCUT2D eigenvalue weighted by Gasteiger charge is 2.41. The van der Waals surface area contributed by atoms with Crippen molar-refractivity contribution in [2.24, 2.45) is 5.41 Å². The summed E-state index contributed by atoms with van der Waals surface area (Å²) < 4.78 is 0. The summed E-state index contributed by atoms with van der Waals surface area (Å²) in [5.74, 6) is 0. The second-order valence-electron chi connectivity index (χ2n) is 4.79. The van der Waals surface area contributed by atoms with Gasteiger partial charge in [0.2, 0.25) is 0 Å². The summed E-state index contributed by atoms with van der Waals surface area (Å²) in [6, 6.07) is 4.66. The van der Waals surface area contributed by atoms with E-state index in [0.717, 1.165) is 12.8 Å². The molecule has 1 fully saturated rings. The number of aliphatic hydroxyl groups excluding tert-OH is 1. The first kappa shape index (κ1) is 13.3. The number of aliphatic hydroxyl groups is 1. The van der Waals surface area contributed by atoms with E-state index >= 15 is 0 Å². The molecule has 18 heavy (non-hydrogen) atoms. The third-order valence-corrected chi connectivity index (χ3v) is 3.59. The molecule has 0 bridgehead atoms. The highest BCUT2D eigenvalue weighted by atomic mass is 35.5. The average Bonchev–Trinajstić information content (AvgIpc) is 3.11. The molecule has 0 saturated heterocycles. The van der Waals surface area contributed by atoms with Crippen LogP contribution in [0.5, 0.6) is 0 Å². The molecule has 0 heterocycles. The first-order valence-electron chi connectivity index (χ1n) is 5.81. The average molecular weight is 271 g/mol. The number of nitrogens with one attached hydrogen (secondary N) is 1. The zero-order valence-electron chi connectivity index (χ0n) is 9.86.